The summed E-state index contributed by atoms with van der Waals surface area (Å²) in [4.78, 5) is 4.55. The summed E-state index contributed by atoms with van der Waals surface area (Å²) in [5.74, 6) is -0.205. The van der Waals surface area contributed by atoms with E-state index in [1.165, 1.54) is 30.3 Å². The minimum Gasteiger partial charge on any atom is -0.427 e. The van der Waals surface area contributed by atoms with E-state index in [1.54, 1.807) is 30.3 Å². The van der Waals surface area contributed by atoms with Gasteiger partial charge in [-0.25, -0.2) is 18.2 Å². The summed E-state index contributed by atoms with van der Waals surface area (Å²) in [6.07, 6.45) is -9.62. The van der Waals surface area contributed by atoms with Crippen LogP contribution in [0.2, 0.25) is 0 Å². The third-order valence-corrected chi connectivity index (χ3v) is 7.05. The van der Waals surface area contributed by atoms with Gasteiger partial charge < -0.3 is 4.74 Å². The zero-order chi connectivity index (χ0) is 29.5. The zero-order valence-corrected chi connectivity index (χ0v) is 21.9. The van der Waals surface area contributed by atoms with Crippen LogP contribution in [-0.4, -0.2) is 4.98 Å². The molecule has 0 spiro atoms. The fourth-order valence-corrected chi connectivity index (χ4v) is 4.87. The lowest BCUT2D eigenvalue weighted by Gasteiger charge is -2.17. The van der Waals surface area contributed by atoms with Gasteiger partial charge >= 0.3 is 12.3 Å². The molecule has 0 saturated carbocycles. The number of alkyl halides is 5. The number of benzene rings is 4. The largest absolute Gasteiger partial charge is 0.454 e. The molecule has 12 heteroatoms. The predicted molar refractivity (Wildman–Crippen MR) is 141 cm³/mol. The van der Waals surface area contributed by atoms with Crippen LogP contribution in [0.1, 0.15) is 21.7 Å². The van der Waals surface area contributed by atoms with Crippen molar-refractivity contribution in [3.63, 3.8) is 0 Å². The molecular weight excluding hydrogens is 594 g/mol. The molecule has 0 amide bonds. The van der Waals surface area contributed by atoms with Gasteiger partial charge in [-0.3, -0.25) is 0 Å². The van der Waals surface area contributed by atoms with Crippen molar-refractivity contribution in [2.45, 2.75) is 17.2 Å². The smallest absolute Gasteiger partial charge is 0.427 e. The Labute approximate surface area is 236 Å². The first kappa shape index (κ1) is 28.4. The van der Waals surface area contributed by atoms with Crippen LogP contribution in [-0.2, 0) is 12.3 Å². The molecule has 0 aliphatic carbocycles. The number of ether oxygens (including phenoxy) is 1. The average Bonchev–Trinajstić information content (AvgIpc) is 3.32. The van der Waals surface area contributed by atoms with Gasteiger partial charge in [0.2, 0.25) is 5.01 Å². The Morgan fingerprint density at radius 1 is 0.732 bits per heavy atom. The maximum atomic E-state index is 15.0. The van der Waals surface area contributed by atoms with Crippen LogP contribution in [0.15, 0.2) is 77.7 Å². The van der Waals surface area contributed by atoms with Crippen molar-refractivity contribution in [3.05, 3.63) is 112 Å². The molecule has 5 rings (SSSR count). The van der Waals surface area contributed by atoms with Crippen molar-refractivity contribution in [2.75, 3.05) is 0 Å². The van der Waals surface area contributed by atoms with Crippen LogP contribution in [0.25, 0.3) is 21.3 Å². The number of thiazole rings is 1. The zero-order valence-electron chi connectivity index (χ0n) is 20.2. The Hall–Kier alpha value is -4.08. The van der Waals surface area contributed by atoms with Crippen LogP contribution in [0.5, 0.6) is 5.75 Å². The molecule has 0 aliphatic rings. The molecule has 41 heavy (non-hydrogen) atoms. The number of thiol groups is 1. The molecule has 0 N–H and O–H groups in total. The molecule has 0 saturated heterocycles. The van der Waals surface area contributed by atoms with E-state index in [-0.39, 0.29) is 27.9 Å². The Bertz CT molecular complexity index is 1810. The van der Waals surface area contributed by atoms with Crippen molar-refractivity contribution in [3.8, 4) is 28.7 Å². The molecule has 0 atom stereocenters. The van der Waals surface area contributed by atoms with Crippen molar-refractivity contribution in [2.24, 2.45) is 0 Å². The van der Waals surface area contributed by atoms with Gasteiger partial charge in [-0.1, -0.05) is 24.0 Å². The molecule has 0 aliphatic heterocycles. The van der Waals surface area contributed by atoms with E-state index < -0.39 is 46.1 Å². The summed E-state index contributed by atoms with van der Waals surface area (Å²) in [6.45, 7) is 0. The first-order valence-corrected chi connectivity index (χ1v) is 12.7. The van der Waals surface area contributed by atoms with Gasteiger partial charge in [-0.15, -0.1) is 24.0 Å². The number of nitrogens with zero attached hydrogens (tertiary/aromatic N) is 1. The van der Waals surface area contributed by atoms with Crippen LogP contribution in [0.3, 0.4) is 0 Å². The average molecular weight is 608 g/mol. The summed E-state index contributed by atoms with van der Waals surface area (Å²) < 4.78 is 115. The van der Waals surface area contributed by atoms with E-state index in [0.717, 1.165) is 4.90 Å². The Balaban J connectivity index is 1.39. The lowest BCUT2D eigenvalue weighted by atomic mass is 10.0. The third-order valence-electron chi connectivity index (χ3n) is 5.68. The van der Waals surface area contributed by atoms with Gasteiger partial charge in [0.1, 0.15) is 28.8 Å². The Kier molecular flexibility index (Phi) is 7.44. The first-order valence-electron chi connectivity index (χ1n) is 11.5. The van der Waals surface area contributed by atoms with Gasteiger partial charge in [0.05, 0.1) is 10.2 Å². The van der Waals surface area contributed by atoms with E-state index in [2.05, 4.69) is 34.2 Å². The summed E-state index contributed by atoms with van der Waals surface area (Å²) in [6, 6.07) is 15.7. The fraction of sp³-hybridized carbons (Fsp3) is 0.0690. The van der Waals surface area contributed by atoms with Gasteiger partial charge in [0, 0.05) is 33.7 Å². The van der Waals surface area contributed by atoms with E-state index in [4.69, 9.17) is 0 Å². The normalized spacial score (nSPS) is 11.8. The van der Waals surface area contributed by atoms with Gasteiger partial charge in [-0.05, 0) is 54.1 Å². The number of halogens is 8. The molecule has 1 heterocycles. The molecule has 208 valence electrons. The van der Waals surface area contributed by atoms with E-state index in [0.29, 0.717) is 28.0 Å². The van der Waals surface area contributed by atoms with Crippen molar-refractivity contribution in [1.29, 1.82) is 0 Å². The van der Waals surface area contributed by atoms with Crippen molar-refractivity contribution in [1.82, 2.24) is 4.98 Å². The quantitative estimate of drug-likeness (QED) is 0.125. The minimum absolute atomic E-state index is 0.0137. The van der Waals surface area contributed by atoms with Crippen molar-refractivity contribution >= 4 is 34.2 Å². The van der Waals surface area contributed by atoms with Crippen molar-refractivity contribution < 1.29 is 39.9 Å². The Morgan fingerprint density at radius 2 is 1.37 bits per heavy atom. The molecule has 4 aromatic carbocycles. The van der Waals surface area contributed by atoms with Crippen LogP contribution in [0.4, 0.5) is 35.1 Å². The fourth-order valence-electron chi connectivity index (χ4n) is 3.80. The second kappa shape index (κ2) is 10.7. The SMILES string of the molecule is Fc1cc(C#Cc2ccc(S)cc2)ccc1-c1ccc2nc(C(F)(F)Oc3cc(F)c(C(F)(F)F)c(F)c3)sc2c1. The monoisotopic (exact) mass is 607 g/mol. The summed E-state index contributed by atoms with van der Waals surface area (Å²) in [7, 11) is 0. The van der Waals surface area contributed by atoms with Crippen LogP contribution >= 0.6 is 24.0 Å². The molecule has 0 unspecified atom stereocenters. The highest BCUT2D eigenvalue weighted by atomic mass is 32.1. The summed E-state index contributed by atoms with van der Waals surface area (Å²) in [5, 5.41) is -0.928. The maximum absolute atomic E-state index is 15.0. The molecule has 0 bridgehead atoms. The van der Waals surface area contributed by atoms with E-state index in [9.17, 15) is 35.1 Å². The third kappa shape index (κ3) is 6.16. The summed E-state index contributed by atoms with van der Waals surface area (Å²) in [5.41, 5.74) is -0.479. The van der Waals surface area contributed by atoms with Crippen LogP contribution in [0, 0.1) is 29.3 Å². The lowest BCUT2D eigenvalue weighted by molar-refractivity contribution is -0.185. The highest BCUT2D eigenvalue weighted by Gasteiger charge is 2.41. The van der Waals surface area contributed by atoms with E-state index >= 15 is 0 Å². The highest BCUT2D eigenvalue weighted by Crippen LogP contribution is 2.40. The molecule has 5 aromatic rings. The second-order valence-corrected chi connectivity index (χ2v) is 10.1. The highest BCUT2D eigenvalue weighted by molar-refractivity contribution is 7.80. The van der Waals surface area contributed by atoms with Gasteiger partial charge in [-0.2, -0.15) is 22.0 Å². The number of aromatic nitrogens is 1. The molecule has 2 nitrogen and oxygen atoms in total. The van der Waals surface area contributed by atoms with Crippen LogP contribution < -0.4 is 4.74 Å². The second-order valence-electron chi connectivity index (χ2n) is 8.57. The number of hydrogen-bond acceptors (Lipinski definition) is 4. The van der Waals surface area contributed by atoms with Gasteiger partial charge in [0.25, 0.3) is 0 Å². The number of rotatable bonds is 4. The predicted octanol–water partition coefficient (Wildman–Crippen LogP) is 9.22. The molecule has 1 aromatic heterocycles. The first-order chi connectivity index (χ1) is 19.3. The summed E-state index contributed by atoms with van der Waals surface area (Å²) >= 11 is 4.66. The topological polar surface area (TPSA) is 22.1 Å². The molecule has 0 radical (unpaired) electrons. The van der Waals surface area contributed by atoms with Gasteiger partial charge in [0.15, 0.2) is 0 Å². The number of hydrogen-bond donors (Lipinski definition) is 1. The number of fused-ring (bicyclic) bond motifs is 1. The lowest BCUT2D eigenvalue weighted by Crippen LogP contribution is -2.22. The molecular formula is C29H13F8NOS2. The molecule has 0 fully saturated rings. The van der Waals surface area contributed by atoms with E-state index in [1.807, 2.05) is 0 Å². The standard InChI is InChI=1S/C29H13F8NOS2/c30-21-11-16(2-1-15-3-7-19(40)8-4-15)5-9-20(21)17-6-10-24-25(12-17)41-27(38-24)29(36,37)39-18-13-22(31)26(23(32)14-18)28(33,34)35/h3-14,40H. The maximum Gasteiger partial charge on any atom is 0.454 e. The minimum atomic E-state index is -5.37. The Morgan fingerprint density at radius 3 is 2.00 bits per heavy atom.